The number of ether oxygens (including phenoxy) is 1. The molecule has 2 atom stereocenters. The number of benzene rings is 2. The summed E-state index contributed by atoms with van der Waals surface area (Å²) in [6, 6.07) is 26.9. The second-order valence-electron chi connectivity index (χ2n) is 8.59. The van der Waals surface area contributed by atoms with Gasteiger partial charge in [-0.05, 0) is 79.7 Å². The third-order valence-electron chi connectivity index (χ3n) is 6.56. The van der Waals surface area contributed by atoms with Crippen LogP contribution < -0.4 is 15.0 Å². The molecule has 6 heteroatoms. The van der Waals surface area contributed by atoms with Crippen LogP contribution in [0.4, 0.5) is 5.69 Å². The van der Waals surface area contributed by atoms with Crippen molar-refractivity contribution in [3.8, 4) is 5.75 Å². The summed E-state index contributed by atoms with van der Waals surface area (Å²) in [6.45, 7) is 5.21. The van der Waals surface area contributed by atoms with Crippen molar-refractivity contribution in [2.45, 2.75) is 32.5 Å². The highest BCUT2D eigenvalue weighted by Gasteiger charge is 2.42. The van der Waals surface area contributed by atoms with Gasteiger partial charge in [0.05, 0.1) is 24.9 Å². The highest BCUT2D eigenvalue weighted by atomic mass is 32.1. The van der Waals surface area contributed by atoms with Gasteiger partial charge in [-0.25, -0.2) is 0 Å². The Morgan fingerprint density at radius 2 is 1.71 bits per heavy atom. The molecule has 0 saturated carbocycles. The summed E-state index contributed by atoms with van der Waals surface area (Å²) in [5.41, 5.74) is 6.98. The molecular weight excluding hydrogens is 440 g/mol. The lowest BCUT2D eigenvalue weighted by Crippen LogP contribution is -2.29. The fourth-order valence-electron chi connectivity index (χ4n) is 4.83. The predicted molar refractivity (Wildman–Crippen MR) is 140 cm³/mol. The van der Waals surface area contributed by atoms with Gasteiger partial charge in [0.15, 0.2) is 5.11 Å². The number of aromatic nitrogens is 2. The van der Waals surface area contributed by atoms with Crippen molar-refractivity contribution in [2.24, 2.45) is 0 Å². The Kier molecular flexibility index (Phi) is 6.07. The quantitative estimate of drug-likeness (QED) is 0.366. The number of thiocarbonyl (C=S) groups is 1. The maximum Gasteiger partial charge on any atom is 0.174 e. The number of hydrogen-bond acceptors (Lipinski definition) is 3. The fourth-order valence-corrected chi connectivity index (χ4v) is 5.17. The van der Waals surface area contributed by atoms with E-state index in [1.165, 1.54) is 22.5 Å². The molecule has 2 aromatic heterocycles. The van der Waals surface area contributed by atoms with Crippen LogP contribution in [-0.4, -0.2) is 21.8 Å². The van der Waals surface area contributed by atoms with E-state index in [0.717, 1.165) is 23.7 Å². The predicted octanol–water partition coefficient (Wildman–Crippen LogP) is 5.73. The Morgan fingerprint density at radius 1 is 0.971 bits per heavy atom. The SMILES string of the molecule is COc1ccc(N2C(=S)N[C@H](c3ccccn3)[C@@H]2c2cc(C)n(Cc3ccccc3)c2C)cc1. The topological polar surface area (TPSA) is 42.3 Å². The lowest BCUT2D eigenvalue weighted by Gasteiger charge is -2.28. The fraction of sp³-hybridized carbons (Fsp3) is 0.214. The van der Waals surface area contributed by atoms with Gasteiger partial charge in [0, 0.05) is 29.8 Å². The highest BCUT2D eigenvalue weighted by molar-refractivity contribution is 7.80. The molecule has 5 nitrogen and oxygen atoms in total. The Bertz CT molecular complexity index is 1290. The van der Waals surface area contributed by atoms with Crippen molar-refractivity contribution in [2.75, 3.05) is 12.0 Å². The van der Waals surface area contributed by atoms with Crippen molar-refractivity contribution >= 4 is 23.0 Å². The zero-order valence-electron chi connectivity index (χ0n) is 19.6. The summed E-state index contributed by atoms with van der Waals surface area (Å²) in [6.07, 6.45) is 1.84. The molecule has 0 spiro atoms. The third kappa shape index (κ3) is 4.05. The summed E-state index contributed by atoms with van der Waals surface area (Å²) in [4.78, 5) is 6.89. The number of nitrogens with one attached hydrogen (secondary N) is 1. The molecule has 4 aromatic rings. The molecule has 1 N–H and O–H groups in total. The number of nitrogens with zero attached hydrogens (tertiary/aromatic N) is 3. The van der Waals surface area contributed by atoms with Crippen LogP contribution in [0.1, 0.15) is 40.3 Å². The molecular formula is C28H28N4OS. The minimum atomic E-state index is -0.0681. The monoisotopic (exact) mass is 468 g/mol. The molecule has 2 aromatic carbocycles. The zero-order valence-corrected chi connectivity index (χ0v) is 20.4. The number of anilines is 1. The van der Waals surface area contributed by atoms with E-state index < -0.39 is 0 Å². The van der Waals surface area contributed by atoms with Gasteiger partial charge in [0.1, 0.15) is 5.75 Å². The third-order valence-corrected chi connectivity index (χ3v) is 6.88. The molecule has 1 saturated heterocycles. The van der Waals surface area contributed by atoms with Gasteiger partial charge in [-0.1, -0.05) is 36.4 Å². The van der Waals surface area contributed by atoms with E-state index in [-0.39, 0.29) is 12.1 Å². The van der Waals surface area contributed by atoms with Gasteiger partial charge < -0.3 is 19.5 Å². The van der Waals surface area contributed by atoms with Gasteiger partial charge in [-0.15, -0.1) is 0 Å². The lowest BCUT2D eigenvalue weighted by atomic mass is 9.96. The Balaban J connectivity index is 1.61. The average molecular weight is 469 g/mol. The summed E-state index contributed by atoms with van der Waals surface area (Å²) in [7, 11) is 1.68. The van der Waals surface area contributed by atoms with Crippen molar-refractivity contribution in [3.05, 3.63) is 113 Å². The van der Waals surface area contributed by atoms with Gasteiger partial charge in [-0.2, -0.15) is 0 Å². The minimum absolute atomic E-state index is 0.0356. The van der Waals surface area contributed by atoms with Crippen LogP contribution in [0.25, 0.3) is 0 Å². The van der Waals surface area contributed by atoms with E-state index in [2.05, 4.69) is 88.2 Å². The summed E-state index contributed by atoms with van der Waals surface area (Å²) < 4.78 is 7.76. The van der Waals surface area contributed by atoms with Crippen LogP contribution in [0.2, 0.25) is 0 Å². The number of methoxy groups -OCH3 is 1. The lowest BCUT2D eigenvalue weighted by molar-refractivity contribution is 0.415. The van der Waals surface area contributed by atoms with Crippen molar-refractivity contribution in [1.29, 1.82) is 0 Å². The molecule has 1 fully saturated rings. The van der Waals surface area contributed by atoms with E-state index in [9.17, 15) is 0 Å². The van der Waals surface area contributed by atoms with Crippen LogP contribution in [0.5, 0.6) is 5.75 Å². The standard InChI is InChI=1S/C28H28N4OS/c1-19-17-24(20(2)31(19)18-21-9-5-4-6-10-21)27-26(25-11-7-8-16-29-25)30-28(34)32(27)22-12-14-23(33-3)15-13-22/h4-17,26-27H,18H2,1-3H3,(H,30,34)/t26-,27+/m1/s1. The van der Waals surface area contributed by atoms with Crippen LogP contribution in [0.15, 0.2) is 85.1 Å². The van der Waals surface area contributed by atoms with Crippen LogP contribution in [0, 0.1) is 13.8 Å². The van der Waals surface area contributed by atoms with Crippen LogP contribution in [-0.2, 0) is 6.54 Å². The van der Waals surface area contributed by atoms with E-state index in [1.807, 2.05) is 30.5 Å². The second kappa shape index (κ2) is 9.31. The Hall–Kier alpha value is -3.64. The molecule has 0 amide bonds. The molecule has 1 aliphatic heterocycles. The molecule has 5 rings (SSSR count). The molecule has 0 radical (unpaired) electrons. The van der Waals surface area contributed by atoms with Crippen LogP contribution >= 0.6 is 12.2 Å². The molecule has 172 valence electrons. The number of aryl methyl sites for hydroxylation is 1. The largest absolute Gasteiger partial charge is 0.497 e. The summed E-state index contributed by atoms with van der Waals surface area (Å²) in [5.74, 6) is 0.820. The highest BCUT2D eigenvalue weighted by Crippen LogP contribution is 2.43. The molecule has 0 aliphatic carbocycles. The van der Waals surface area contributed by atoms with Gasteiger partial charge in [0.25, 0.3) is 0 Å². The summed E-state index contributed by atoms with van der Waals surface area (Å²) >= 11 is 5.87. The zero-order chi connectivity index (χ0) is 23.7. The molecule has 3 heterocycles. The first-order chi connectivity index (χ1) is 16.6. The van der Waals surface area contributed by atoms with Gasteiger partial charge >= 0.3 is 0 Å². The van der Waals surface area contributed by atoms with E-state index in [1.54, 1.807) is 7.11 Å². The maximum atomic E-state index is 5.87. The number of pyridine rings is 1. The first-order valence-corrected chi connectivity index (χ1v) is 11.8. The molecule has 0 unspecified atom stereocenters. The molecule has 0 bridgehead atoms. The Morgan fingerprint density at radius 3 is 2.38 bits per heavy atom. The minimum Gasteiger partial charge on any atom is -0.497 e. The van der Waals surface area contributed by atoms with Gasteiger partial charge in [-0.3, -0.25) is 4.98 Å². The van der Waals surface area contributed by atoms with E-state index >= 15 is 0 Å². The van der Waals surface area contributed by atoms with E-state index in [0.29, 0.717) is 5.11 Å². The Labute approximate surface area is 206 Å². The van der Waals surface area contributed by atoms with Crippen molar-refractivity contribution in [3.63, 3.8) is 0 Å². The van der Waals surface area contributed by atoms with Gasteiger partial charge in [0.2, 0.25) is 0 Å². The molecule has 1 aliphatic rings. The van der Waals surface area contributed by atoms with Crippen LogP contribution in [0.3, 0.4) is 0 Å². The second-order valence-corrected chi connectivity index (χ2v) is 8.98. The summed E-state index contributed by atoms with van der Waals surface area (Å²) in [5, 5.41) is 4.25. The number of rotatable bonds is 6. The average Bonchev–Trinajstić information content (AvgIpc) is 3.36. The molecule has 34 heavy (non-hydrogen) atoms. The smallest absolute Gasteiger partial charge is 0.174 e. The first-order valence-electron chi connectivity index (χ1n) is 11.4. The van der Waals surface area contributed by atoms with Crippen molar-refractivity contribution in [1.82, 2.24) is 14.9 Å². The normalized spacial score (nSPS) is 17.6. The number of hydrogen-bond donors (Lipinski definition) is 1. The van der Waals surface area contributed by atoms with E-state index in [4.69, 9.17) is 17.0 Å². The van der Waals surface area contributed by atoms with Crippen molar-refractivity contribution < 1.29 is 4.74 Å². The first kappa shape index (κ1) is 22.2. The maximum absolute atomic E-state index is 5.87.